The molecule has 1 aromatic carbocycles. The first kappa shape index (κ1) is 11.0. The number of ether oxygens (including phenoxy) is 1. The number of benzene rings is 1. The molecule has 1 N–H and O–H groups in total. The van der Waals surface area contributed by atoms with Crippen LogP contribution < -0.4 is 10.1 Å². The fourth-order valence-electron chi connectivity index (χ4n) is 1.49. The molecule has 0 aromatic heterocycles. The molecule has 0 bridgehead atoms. The summed E-state index contributed by atoms with van der Waals surface area (Å²) in [7, 11) is 0. The number of aryl methyl sites for hydroxylation is 1. The Labute approximate surface area is 99.1 Å². The zero-order valence-electron chi connectivity index (χ0n) is 8.92. The largest absolute Gasteiger partial charge is 0.492 e. The molecule has 0 heterocycles. The van der Waals surface area contributed by atoms with Crippen molar-refractivity contribution in [3.63, 3.8) is 0 Å². The monoisotopic (exact) mass is 269 g/mol. The highest BCUT2D eigenvalue weighted by Gasteiger charge is 2.19. The maximum Gasteiger partial charge on any atom is 0.122 e. The van der Waals surface area contributed by atoms with Gasteiger partial charge in [-0.25, -0.2) is 0 Å². The van der Waals surface area contributed by atoms with Crippen LogP contribution in [0.3, 0.4) is 0 Å². The van der Waals surface area contributed by atoms with Gasteiger partial charge in [0.15, 0.2) is 0 Å². The van der Waals surface area contributed by atoms with Gasteiger partial charge in [-0.1, -0.05) is 15.9 Å². The summed E-state index contributed by atoms with van der Waals surface area (Å²) in [5, 5.41) is 3.42. The minimum Gasteiger partial charge on any atom is -0.492 e. The van der Waals surface area contributed by atoms with E-state index in [0.29, 0.717) is 0 Å². The summed E-state index contributed by atoms with van der Waals surface area (Å²) in [6.45, 7) is 3.76. The highest BCUT2D eigenvalue weighted by atomic mass is 79.9. The first-order chi connectivity index (χ1) is 7.25. The third-order valence-corrected chi connectivity index (χ3v) is 3.00. The average Bonchev–Trinajstić information content (AvgIpc) is 2.99. The van der Waals surface area contributed by atoms with Crippen LogP contribution >= 0.6 is 15.9 Å². The molecule has 1 fully saturated rings. The Morgan fingerprint density at radius 3 is 2.93 bits per heavy atom. The Morgan fingerprint density at radius 2 is 2.27 bits per heavy atom. The van der Waals surface area contributed by atoms with Crippen molar-refractivity contribution in [2.24, 2.45) is 0 Å². The fraction of sp³-hybridized carbons (Fsp3) is 0.500. The van der Waals surface area contributed by atoms with Gasteiger partial charge < -0.3 is 10.1 Å². The molecule has 1 aliphatic rings. The lowest BCUT2D eigenvalue weighted by molar-refractivity contribution is 0.311. The topological polar surface area (TPSA) is 21.3 Å². The van der Waals surface area contributed by atoms with Crippen molar-refractivity contribution in [3.8, 4) is 5.75 Å². The molecule has 0 radical (unpaired) electrons. The first-order valence-electron chi connectivity index (χ1n) is 5.38. The lowest BCUT2D eigenvalue weighted by atomic mass is 10.2. The van der Waals surface area contributed by atoms with Crippen LogP contribution in [0.4, 0.5) is 0 Å². The molecule has 0 saturated heterocycles. The molecule has 2 nitrogen and oxygen atoms in total. The van der Waals surface area contributed by atoms with E-state index in [1.54, 1.807) is 0 Å². The molecule has 15 heavy (non-hydrogen) atoms. The predicted molar refractivity (Wildman–Crippen MR) is 65.4 cm³/mol. The van der Waals surface area contributed by atoms with E-state index in [9.17, 15) is 0 Å². The van der Waals surface area contributed by atoms with Crippen LogP contribution in [-0.2, 0) is 0 Å². The Morgan fingerprint density at radius 1 is 1.47 bits per heavy atom. The van der Waals surface area contributed by atoms with Crippen LogP contribution in [0.25, 0.3) is 0 Å². The van der Waals surface area contributed by atoms with E-state index < -0.39 is 0 Å². The smallest absolute Gasteiger partial charge is 0.122 e. The van der Waals surface area contributed by atoms with E-state index >= 15 is 0 Å². The molecule has 0 spiro atoms. The van der Waals surface area contributed by atoms with Crippen LogP contribution in [0.2, 0.25) is 0 Å². The molecule has 1 saturated carbocycles. The summed E-state index contributed by atoms with van der Waals surface area (Å²) >= 11 is 3.44. The average molecular weight is 270 g/mol. The highest BCUT2D eigenvalue weighted by molar-refractivity contribution is 9.10. The third kappa shape index (κ3) is 3.50. The summed E-state index contributed by atoms with van der Waals surface area (Å²) in [5.41, 5.74) is 1.18. The highest BCUT2D eigenvalue weighted by Crippen LogP contribution is 2.22. The first-order valence-corrected chi connectivity index (χ1v) is 6.17. The molecule has 82 valence electrons. The van der Waals surface area contributed by atoms with Gasteiger partial charge in [0.1, 0.15) is 12.4 Å². The van der Waals surface area contributed by atoms with Crippen molar-refractivity contribution < 1.29 is 4.74 Å². The molecule has 0 aliphatic heterocycles. The van der Waals surface area contributed by atoms with Crippen molar-refractivity contribution in [3.05, 3.63) is 28.2 Å². The van der Waals surface area contributed by atoms with Gasteiger partial charge in [0.05, 0.1) is 0 Å². The second kappa shape index (κ2) is 4.99. The second-order valence-electron chi connectivity index (χ2n) is 3.99. The predicted octanol–water partition coefficient (Wildman–Crippen LogP) is 2.89. The summed E-state index contributed by atoms with van der Waals surface area (Å²) in [6.07, 6.45) is 2.66. The van der Waals surface area contributed by atoms with Gasteiger partial charge in [-0.3, -0.25) is 0 Å². The van der Waals surface area contributed by atoms with Gasteiger partial charge in [-0.2, -0.15) is 0 Å². The summed E-state index contributed by atoms with van der Waals surface area (Å²) in [4.78, 5) is 0. The van der Waals surface area contributed by atoms with Crippen LogP contribution in [0, 0.1) is 6.92 Å². The number of nitrogens with one attached hydrogen (secondary N) is 1. The van der Waals surface area contributed by atoms with Crippen molar-refractivity contribution >= 4 is 15.9 Å². The van der Waals surface area contributed by atoms with E-state index in [-0.39, 0.29) is 0 Å². The van der Waals surface area contributed by atoms with Crippen molar-refractivity contribution in [2.75, 3.05) is 13.2 Å². The second-order valence-corrected chi connectivity index (χ2v) is 4.90. The zero-order chi connectivity index (χ0) is 10.7. The molecular weight excluding hydrogens is 254 g/mol. The number of hydrogen-bond acceptors (Lipinski definition) is 2. The number of rotatable bonds is 5. The van der Waals surface area contributed by atoms with E-state index in [1.807, 2.05) is 12.1 Å². The summed E-state index contributed by atoms with van der Waals surface area (Å²) in [6, 6.07) is 6.86. The maximum absolute atomic E-state index is 5.69. The van der Waals surface area contributed by atoms with Gasteiger partial charge in [0.25, 0.3) is 0 Å². The van der Waals surface area contributed by atoms with Gasteiger partial charge >= 0.3 is 0 Å². The van der Waals surface area contributed by atoms with Crippen molar-refractivity contribution in [2.45, 2.75) is 25.8 Å². The van der Waals surface area contributed by atoms with Gasteiger partial charge in [-0.15, -0.1) is 0 Å². The minimum absolute atomic E-state index is 0.749. The minimum atomic E-state index is 0.749. The van der Waals surface area contributed by atoms with Crippen LogP contribution in [0.15, 0.2) is 22.7 Å². The van der Waals surface area contributed by atoms with Crippen LogP contribution in [0.5, 0.6) is 5.75 Å². The zero-order valence-corrected chi connectivity index (χ0v) is 10.5. The Kier molecular flexibility index (Phi) is 3.65. The molecule has 2 rings (SSSR count). The Balaban J connectivity index is 1.76. The number of hydrogen-bond donors (Lipinski definition) is 1. The molecule has 0 amide bonds. The van der Waals surface area contributed by atoms with E-state index in [2.05, 4.69) is 34.2 Å². The molecule has 3 heteroatoms. The van der Waals surface area contributed by atoms with Gasteiger partial charge in [-0.05, 0) is 43.5 Å². The van der Waals surface area contributed by atoms with E-state index in [1.165, 1.54) is 18.4 Å². The van der Waals surface area contributed by atoms with Gasteiger partial charge in [0, 0.05) is 17.1 Å². The van der Waals surface area contributed by atoms with Gasteiger partial charge in [0.2, 0.25) is 0 Å². The molecule has 1 aliphatic carbocycles. The Bertz CT molecular complexity index is 336. The lowest BCUT2D eigenvalue weighted by Gasteiger charge is -2.09. The maximum atomic E-state index is 5.69. The van der Waals surface area contributed by atoms with Crippen LogP contribution in [0.1, 0.15) is 18.4 Å². The van der Waals surface area contributed by atoms with Crippen LogP contribution in [-0.4, -0.2) is 19.2 Å². The van der Waals surface area contributed by atoms with E-state index in [0.717, 1.165) is 29.4 Å². The quantitative estimate of drug-likeness (QED) is 0.831. The van der Waals surface area contributed by atoms with Crippen molar-refractivity contribution in [1.29, 1.82) is 0 Å². The molecule has 1 aromatic rings. The molecule has 0 atom stereocenters. The van der Waals surface area contributed by atoms with E-state index in [4.69, 9.17) is 4.74 Å². The normalized spacial score (nSPS) is 15.3. The molecule has 0 unspecified atom stereocenters. The Hall–Kier alpha value is -0.540. The molecular formula is C12H16BrNO. The SMILES string of the molecule is Cc1cc(Br)ccc1OCCNC1CC1. The third-order valence-electron chi connectivity index (χ3n) is 2.51. The number of halogens is 1. The summed E-state index contributed by atoms with van der Waals surface area (Å²) < 4.78 is 6.79. The van der Waals surface area contributed by atoms with Crippen molar-refractivity contribution in [1.82, 2.24) is 5.32 Å². The fourth-order valence-corrected chi connectivity index (χ4v) is 1.96. The summed E-state index contributed by atoms with van der Waals surface area (Å²) in [5.74, 6) is 0.982. The lowest BCUT2D eigenvalue weighted by Crippen LogP contribution is -2.22. The standard InChI is InChI=1S/C12H16BrNO/c1-9-8-10(13)2-5-12(9)15-7-6-14-11-3-4-11/h2,5,8,11,14H,3-4,6-7H2,1H3.